The van der Waals surface area contributed by atoms with Crippen LogP contribution in [0.5, 0.6) is 5.88 Å². The van der Waals surface area contributed by atoms with Gasteiger partial charge in [-0.3, -0.25) is 4.79 Å². The highest BCUT2D eigenvalue weighted by Crippen LogP contribution is 2.33. The van der Waals surface area contributed by atoms with Crippen LogP contribution in [0.15, 0.2) is 12.1 Å². The van der Waals surface area contributed by atoms with E-state index in [1.807, 2.05) is 0 Å². The number of ketones is 1. The Hall–Kier alpha value is -2.12. The third-order valence-corrected chi connectivity index (χ3v) is 2.38. The van der Waals surface area contributed by atoms with Gasteiger partial charge in [0.15, 0.2) is 0 Å². The van der Waals surface area contributed by atoms with Crippen molar-refractivity contribution >= 4 is 11.8 Å². The average molecular weight is 275 g/mol. The smallest absolute Gasteiger partial charge is 0.433 e. The van der Waals surface area contributed by atoms with E-state index in [1.54, 1.807) is 0 Å². The van der Waals surface area contributed by atoms with Gasteiger partial charge < -0.3 is 9.47 Å². The second kappa shape index (κ2) is 4.52. The molecule has 5 nitrogen and oxygen atoms in total. The van der Waals surface area contributed by atoms with Gasteiger partial charge in [0.1, 0.15) is 5.69 Å². The Morgan fingerprint density at radius 1 is 1.47 bits per heavy atom. The summed E-state index contributed by atoms with van der Waals surface area (Å²) in [6.45, 7) is 1.56. The molecule has 1 aliphatic heterocycles. The van der Waals surface area contributed by atoms with Crippen LogP contribution in [0.2, 0.25) is 0 Å². The normalized spacial score (nSPS) is 17.9. The lowest BCUT2D eigenvalue weighted by Crippen LogP contribution is -2.32. The number of alkyl halides is 3. The van der Waals surface area contributed by atoms with Crippen LogP contribution in [0.3, 0.4) is 0 Å². The summed E-state index contributed by atoms with van der Waals surface area (Å²) in [7, 11) is 0. The Balaban J connectivity index is 2.31. The fraction of sp³-hybridized carbons (Fsp3) is 0.364. The van der Waals surface area contributed by atoms with Crippen molar-refractivity contribution in [1.29, 1.82) is 0 Å². The standard InChI is InChI=1S/C11H8F3NO4/c1-2-18-10(17)8-7(16)5-3-4-6(11(12,13)14)15-9(5)19-8/h3-4,8H,2H2,1H3. The van der Waals surface area contributed by atoms with Crippen molar-refractivity contribution in [1.82, 2.24) is 4.98 Å². The van der Waals surface area contributed by atoms with Crippen molar-refractivity contribution in [3.8, 4) is 5.88 Å². The van der Waals surface area contributed by atoms with E-state index in [0.29, 0.717) is 6.07 Å². The van der Waals surface area contributed by atoms with Crippen molar-refractivity contribution in [2.75, 3.05) is 6.61 Å². The number of nitrogens with zero attached hydrogens (tertiary/aromatic N) is 1. The van der Waals surface area contributed by atoms with Crippen LogP contribution >= 0.6 is 0 Å². The van der Waals surface area contributed by atoms with Crippen LogP contribution in [-0.4, -0.2) is 29.4 Å². The van der Waals surface area contributed by atoms with Gasteiger partial charge in [0.2, 0.25) is 11.7 Å². The van der Waals surface area contributed by atoms with Crippen LogP contribution in [0.1, 0.15) is 23.0 Å². The van der Waals surface area contributed by atoms with Gasteiger partial charge >= 0.3 is 12.1 Å². The maximum atomic E-state index is 12.4. The number of hydrogen-bond acceptors (Lipinski definition) is 5. The Morgan fingerprint density at radius 2 is 2.16 bits per heavy atom. The maximum absolute atomic E-state index is 12.4. The highest BCUT2D eigenvalue weighted by molar-refractivity contribution is 6.14. The van der Waals surface area contributed by atoms with E-state index < -0.39 is 35.6 Å². The number of Topliss-reactive ketones (excluding diaryl/α,β-unsaturated/α-hetero) is 1. The molecule has 1 aromatic rings. The Kier molecular flexibility index (Phi) is 3.17. The number of hydrogen-bond donors (Lipinski definition) is 0. The second-order valence-electron chi connectivity index (χ2n) is 3.66. The number of halogens is 3. The van der Waals surface area contributed by atoms with Gasteiger partial charge in [-0.2, -0.15) is 13.2 Å². The molecule has 0 bridgehead atoms. The van der Waals surface area contributed by atoms with Gasteiger partial charge in [-0.15, -0.1) is 0 Å². The molecule has 0 aromatic carbocycles. The summed E-state index contributed by atoms with van der Waals surface area (Å²) in [6.07, 6.45) is -6.23. The fourth-order valence-corrected chi connectivity index (χ4v) is 1.56. The third kappa shape index (κ3) is 2.38. The van der Waals surface area contributed by atoms with Crippen LogP contribution < -0.4 is 4.74 Å². The number of pyridine rings is 1. The summed E-state index contributed by atoms with van der Waals surface area (Å²) >= 11 is 0. The molecule has 0 spiro atoms. The average Bonchev–Trinajstić information content (AvgIpc) is 2.66. The highest BCUT2D eigenvalue weighted by Gasteiger charge is 2.42. The lowest BCUT2D eigenvalue weighted by molar-refractivity contribution is -0.148. The molecule has 0 N–H and O–H groups in total. The van der Waals surface area contributed by atoms with E-state index in [9.17, 15) is 22.8 Å². The number of ether oxygens (including phenoxy) is 2. The molecule has 1 aromatic heterocycles. The van der Waals surface area contributed by atoms with E-state index in [4.69, 9.17) is 4.74 Å². The summed E-state index contributed by atoms with van der Waals surface area (Å²) in [5.74, 6) is -2.20. The number of carbonyl (C=O) groups is 2. The first-order valence-electron chi connectivity index (χ1n) is 5.30. The van der Waals surface area contributed by atoms with Gasteiger partial charge in [0, 0.05) is 0 Å². The predicted molar refractivity (Wildman–Crippen MR) is 54.6 cm³/mol. The van der Waals surface area contributed by atoms with Gasteiger partial charge in [-0.1, -0.05) is 0 Å². The molecular formula is C11H8F3NO4. The molecule has 1 unspecified atom stereocenters. The molecule has 0 fully saturated rings. The van der Waals surface area contributed by atoms with E-state index in [-0.39, 0.29) is 12.2 Å². The quantitative estimate of drug-likeness (QED) is 0.606. The SMILES string of the molecule is CCOC(=O)C1Oc2nc(C(F)(F)F)ccc2C1=O. The molecule has 8 heteroatoms. The first-order chi connectivity index (χ1) is 8.84. The molecule has 1 aliphatic rings. The zero-order chi connectivity index (χ0) is 14.2. The molecule has 19 heavy (non-hydrogen) atoms. The van der Waals surface area contributed by atoms with Crippen LogP contribution in [-0.2, 0) is 15.7 Å². The molecule has 0 saturated carbocycles. The zero-order valence-corrected chi connectivity index (χ0v) is 9.65. The van der Waals surface area contributed by atoms with Crippen LogP contribution in [0, 0.1) is 0 Å². The number of rotatable bonds is 2. The molecule has 102 valence electrons. The van der Waals surface area contributed by atoms with Crippen molar-refractivity contribution in [3.05, 3.63) is 23.4 Å². The Morgan fingerprint density at radius 3 is 2.74 bits per heavy atom. The third-order valence-electron chi connectivity index (χ3n) is 2.38. The van der Waals surface area contributed by atoms with Crippen LogP contribution in [0.25, 0.3) is 0 Å². The topological polar surface area (TPSA) is 65.5 Å². The number of fused-ring (bicyclic) bond motifs is 1. The van der Waals surface area contributed by atoms with Gasteiger partial charge in [0.05, 0.1) is 12.2 Å². The van der Waals surface area contributed by atoms with Crippen molar-refractivity contribution in [3.63, 3.8) is 0 Å². The second-order valence-corrected chi connectivity index (χ2v) is 3.66. The monoisotopic (exact) mass is 275 g/mol. The number of carbonyl (C=O) groups excluding carboxylic acids is 2. The van der Waals surface area contributed by atoms with Crippen molar-refractivity contribution < 1.29 is 32.2 Å². The zero-order valence-electron chi connectivity index (χ0n) is 9.65. The molecule has 0 aliphatic carbocycles. The Labute approximate surface area is 105 Å². The maximum Gasteiger partial charge on any atom is 0.433 e. The minimum atomic E-state index is -4.65. The molecule has 1 atom stereocenters. The van der Waals surface area contributed by atoms with E-state index >= 15 is 0 Å². The predicted octanol–water partition coefficient (Wildman–Crippen LogP) is 1.61. The van der Waals surface area contributed by atoms with Gasteiger partial charge in [-0.25, -0.2) is 9.78 Å². The highest BCUT2D eigenvalue weighted by atomic mass is 19.4. The summed E-state index contributed by atoms with van der Waals surface area (Å²) < 4.78 is 46.7. The van der Waals surface area contributed by atoms with E-state index in [1.165, 1.54) is 6.92 Å². The first-order valence-corrected chi connectivity index (χ1v) is 5.30. The lowest BCUT2D eigenvalue weighted by atomic mass is 10.1. The largest absolute Gasteiger partial charge is 0.463 e. The molecule has 2 heterocycles. The summed E-state index contributed by atoms with van der Waals surface area (Å²) in [6, 6.07) is 1.60. The summed E-state index contributed by atoms with van der Waals surface area (Å²) in [4.78, 5) is 26.3. The molecule has 0 saturated heterocycles. The van der Waals surface area contributed by atoms with Crippen molar-refractivity contribution in [2.45, 2.75) is 19.2 Å². The number of esters is 1. The molecule has 0 amide bonds. The summed E-state index contributed by atoms with van der Waals surface area (Å²) in [5.41, 5.74) is -1.35. The van der Waals surface area contributed by atoms with Crippen molar-refractivity contribution in [2.24, 2.45) is 0 Å². The molecular weight excluding hydrogens is 267 g/mol. The molecule has 0 radical (unpaired) electrons. The Bertz CT molecular complexity index is 541. The minimum absolute atomic E-state index is 0.0313. The van der Waals surface area contributed by atoms with E-state index in [0.717, 1.165) is 6.07 Å². The van der Waals surface area contributed by atoms with Gasteiger partial charge in [-0.05, 0) is 19.1 Å². The van der Waals surface area contributed by atoms with E-state index in [2.05, 4.69) is 9.72 Å². The van der Waals surface area contributed by atoms with Crippen LogP contribution in [0.4, 0.5) is 13.2 Å². The summed E-state index contributed by atoms with van der Waals surface area (Å²) in [5, 5.41) is 0. The van der Waals surface area contributed by atoms with Gasteiger partial charge in [0.25, 0.3) is 6.10 Å². The number of aromatic nitrogens is 1. The first kappa shape index (κ1) is 13.3. The molecule has 2 rings (SSSR count). The minimum Gasteiger partial charge on any atom is -0.463 e. The fourth-order valence-electron chi connectivity index (χ4n) is 1.56. The lowest BCUT2D eigenvalue weighted by Gasteiger charge is -2.08.